The van der Waals surface area contributed by atoms with Crippen LogP contribution in [-0.4, -0.2) is 23.8 Å². The Morgan fingerprint density at radius 3 is 2.67 bits per heavy atom. The highest BCUT2D eigenvalue weighted by Gasteiger charge is 2.13. The van der Waals surface area contributed by atoms with Crippen molar-refractivity contribution in [2.24, 2.45) is 0 Å². The molecule has 0 aliphatic heterocycles. The Labute approximate surface area is 64.1 Å². The molecule has 0 aromatic rings. The molecule has 0 N–H and O–H groups in total. The van der Waals surface area contributed by atoms with E-state index >= 15 is 0 Å². The van der Waals surface area contributed by atoms with Crippen LogP contribution >= 0.6 is 23.2 Å². The molecule has 0 aliphatic carbocycles. The zero-order valence-electron chi connectivity index (χ0n) is 5.06. The minimum atomic E-state index is -0.702. The van der Waals surface area contributed by atoms with Crippen molar-refractivity contribution in [2.45, 2.75) is 12.3 Å². The zero-order chi connectivity index (χ0) is 7.28. The number of halogens is 2. The molecule has 0 unspecified atom stereocenters. The number of rotatable bonds is 3. The van der Waals surface area contributed by atoms with Crippen LogP contribution in [0.25, 0.3) is 0 Å². The molecule has 0 heterocycles. The van der Waals surface area contributed by atoms with Gasteiger partial charge in [-0.1, -0.05) is 0 Å². The molecule has 0 spiro atoms. The van der Waals surface area contributed by atoms with Crippen molar-refractivity contribution in [3.05, 3.63) is 0 Å². The van der Waals surface area contributed by atoms with Crippen LogP contribution in [0.5, 0.6) is 0 Å². The van der Waals surface area contributed by atoms with Gasteiger partial charge in [0.2, 0.25) is 0 Å². The fraction of sp³-hybridized carbons (Fsp3) is 0.800. The number of alkyl halides is 2. The van der Waals surface area contributed by atoms with Gasteiger partial charge in [-0.3, -0.25) is 4.79 Å². The Bertz CT molecular complexity index is 95.0. The SMILES string of the molecule is CCOC(=O)[C@H](Cl)CCl. The number of esters is 1. The lowest BCUT2D eigenvalue weighted by Crippen LogP contribution is -2.18. The van der Waals surface area contributed by atoms with Gasteiger partial charge in [0, 0.05) is 5.88 Å². The molecule has 0 amide bonds. The van der Waals surface area contributed by atoms with Gasteiger partial charge in [0.05, 0.1) is 6.61 Å². The van der Waals surface area contributed by atoms with E-state index in [1.807, 2.05) is 0 Å². The van der Waals surface area contributed by atoms with E-state index < -0.39 is 11.3 Å². The Morgan fingerprint density at radius 1 is 1.78 bits per heavy atom. The van der Waals surface area contributed by atoms with Crippen LogP contribution in [0, 0.1) is 0 Å². The van der Waals surface area contributed by atoms with Crippen molar-refractivity contribution in [3.63, 3.8) is 0 Å². The quantitative estimate of drug-likeness (QED) is 0.473. The predicted molar refractivity (Wildman–Crippen MR) is 37.0 cm³/mol. The summed E-state index contributed by atoms with van der Waals surface area (Å²) in [5.74, 6) is -0.352. The van der Waals surface area contributed by atoms with Gasteiger partial charge in [-0.25, -0.2) is 0 Å². The lowest BCUT2D eigenvalue weighted by Gasteiger charge is -2.02. The highest BCUT2D eigenvalue weighted by Crippen LogP contribution is 2.00. The minimum Gasteiger partial charge on any atom is -0.465 e. The summed E-state index contributed by atoms with van der Waals surface area (Å²) in [5.41, 5.74) is 0. The van der Waals surface area contributed by atoms with Crippen molar-refractivity contribution in [1.82, 2.24) is 0 Å². The number of hydrogen-bond acceptors (Lipinski definition) is 2. The first-order valence-electron chi connectivity index (χ1n) is 2.59. The monoisotopic (exact) mass is 170 g/mol. The van der Waals surface area contributed by atoms with E-state index in [0.29, 0.717) is 6.61 Å². The molecule has 0 radical (unpaired) electrons. The predicted octanol–water partition coefficient (Wildman–Crippen LogP) is 1.40. The van der Waals surface area contributed by atoms with Crippen LogP contribution in [0.2, 0.25) is 0 Å². The number of carbonyl (C=O) groups excluding carboxylic acids is 1. The third-order valence-corrected chi connectivity index (χ3v) is 1.48. The minimum absolute atomic E-state index is 0.0976. The van der Waals surface area contributed by atoms with E-state index in [0.717, 1.165) is 0 Å². The molecule has 2 nitrogen and oxygen atoms in total. The molecule has 0 aliphatic rings. The van der Waals surface area contributed by atoms with Crippen molar-refractivity contribution >= 4 is 29.2 Å². The summed E-state index contributed by atoms with van der Waals surface area (Å²) < 4.78 is 4.54. The van der Waals surface area contributed by atoms with E-state index in [-0.39, 0.29) is 5.88 Å². The smallest absolute Gasteiger partial charge is 0.325 e. The normalized spacial score (nSPS) is 12.8. The average Bonchev–Trinajstić information content (AvgIpc) is 1.87. The van der Waals surface area contributed by atoms with E-state index in [2.05, 4.69) is 4.74 Å². The third-order valence-electron chi connectivity index (χ3n) is 0.678. The van der Waals surface area contributed by atoms with E-state index in [9.17, 15) is 4.79 Å². The topological polar surface area (TPSA) is 26.3 Å². The van der Waals surface area contributed by atoms with Crippen molar-refractivity contribution in [3.8, 4) is 0 Å². The molecule has 54 valence electrons. The maximum Gasteiger partial charge on any atom is 0.325 e. The third kappa shape index (κ3) is 3.60. The summed E-state index contributed by atoms with van der Waals surface area (Å²) >= 11 is 10.6. The second-order valence-electron chi connectivity index (χ2n) is 1.37. The Kier molecular flexibility index (Phi) is 4.91. The average molecular weight is 171 g/mol. The van der Waals surface area contributed by atoms with Gasteiger partial charge in [0.15, 0.2) is 0 Å². The Balaban J connectivity index is 3.46. The lowest BCUT2D eigenvalue weighted by molar-refractivity contribution is -0.142. The number of ether oxygens (including phenoxy) is 1. The van der Waals surface area contributed by atoms with Crippen LogP contribution in [-0.2, 0) is 9.53 Å². The highest BCUT2D eigenvalue weighted by molar-refractivity contribution is 6.35. The van der Waals surface area contributed by atoms with E-state index in [4.69, 9.17) is 23.2 Å². The molecule has 0 saturated heterocycles. The number of hydrogen-bond donors (Lipinski definition) is 0. The lowest BCUT2D eigenvalue weighted by atomic mass is 10.5. The van der Waals surface area contributed by atoms with Crippen LogP contribution in [0.4, 0.5) is 0 Å². The van der Waals surface area contributed by atoms with Gasteiger partial charge < -0.3 is 4.74 Å². The van der Waals surface area contributed by atoms with Crippen molar-refractivity contribution in [2.75, 3.05) is 12.5 Å². The van der Waals surface area contributed by atoms with Crippen molar-refractivity contribution in [1.29, 1.82) is 0 Å². The number of carbonyl (C=O) groups is 1. The molecule has 1 atom stereocenters. The standard InChI is InChI=1S/C5H8Cl2O2/c1-2-9-5(8)4(7)3-6/h4H,2-3H2,1H3/t4-/m1/s1. The Morgan fingerprint density at radius 2 is 2.33 bits per heavy atom. The highest BCUT2D eigenvalue weighted by atomic mass is 35.5. The van der Waals surface area contributed by atoms with E-state index in [1.54, 1.807) is 6.92 Å². The Hall–Kier alpha value is 0.0500. The summed E-state index contributed by atoms with van der Waals surface area (Å²) in [6.45, 7) is 2.06. The molecule has 0 bridgehead atoms. The summed E-state index contributed by atoms with van der Waals surface area (Å²) in [6.07, 6.45) is 0. The summed E-state index contributed by atoms with van der Waals surface area (Å²) in [5, 5.41) is -0.702. The van der Waals surface area contributed by atoms with Crippen molar-refractivity contribution < 1.29 is 9.53 Å². The molecule has 0 saturated carbocycles. The van der Waals surface area contributed by atoms with Crippen LogP contribution in [0.1, 0.15) is 6.92 Å². The van der Waals surface area contributed by atoms with Gasteiger partial charge in [-0.15, -0.1) is 23.2 Å². The first kappa shape index (κ1) is 9.05. The maximum atomic E-state index is 10.5. The van der Waals surface area contributed by atoms with Gasteiger partial charge in [-0.2, -0.15) is 0 Å². The molecule has 0 fully saturated rings. The molecule has 9 heavy (non-hydrogen) atoms. The largest absolute Gasteiger partial charge is 0.465 e. The first-order chi connectivity index (χ1) is 4.22. The second kappa shape index (κ2) is 4.89. The van der Waals surface area contributed by atoms with Gasteiger partial charge in [-0.05, 0) is 6.92 Å². The molecule has 0 aromatic heterocycles. The fourth-order valence-electron chi connectivity index (χ4n) is 0.296. The zero-order valence-corrected chi connectivity index (χ0v) is 6.58. The molecular weight excluding hydrogens is 163 g/mol. The van der Waals surface area contributed by atoms with Crippen LogP contribution < -0.4 is 0 Å². The van der Waals surface area contributed by atoms with Gasteiger partial charge in [0.1, 0.15) is 5.38 Å². The molecular formula is C5H8Cl2O2. The molecule has 0 rings (SSSR count). The van der Waals surface area contributed by atoms with E-state index in [1.165, 1.54) is 0 Å². The van der Waals surface area contributed by atoms with Gasteiger partial charge in [0.25, 0.3) is 0 Å². The van der Waals surface area contributed by atoms with Crippen LogP contribution in [0.15, 0.2) is 0 Å². The molecule has 0 aromatic carbocycles. The van der Waals surface area contributed by atoms with Crippen LogP contribution in [0.3, 0.4) is 0 Å². The molecule has 4 heteroatoms. The summed E-state index contributed by atoms with van der Waals surface area (Å²) in [7, 11) is 0. The summed E-state index contributed by atoms with van der Waals surface area (Å²) in [6, 6.07) is 0. The maximum absolute atomic E-state index is 10.5. The second-order valence-corrected chi connectivity index (χ2v) is 2.21. The first-order valence-corrected chi connectivity index (χ1v) is 3.56. The fourth-order valence-corrected chi connectivity index (χ4v) is 0.485. The van der Waals surface area contributed by atoms with Gasteiger partial charge >= 0.3 is 5.97 Å². The summed E-state index contributed by atoms with van der Waals surface area (Å²) in [4.78, 5) is 10.5.